The highest BCUT2D eigenvalue weighted by Gasteiger charge is 2.29. The van der Waals surface area contributed by atoms with Gasteiger partial charge in [0.25, 0.3) is 0 Å². The van der Waals surface area contributed by atoms with Crippen LogP contribution < -0.4 is 10.6 Å². The van der Waals surface area contributed by atoms with E-state index in [0.717, 1.165) is 6.42 Å². The van der Waals surface area contributed by atoms with Crippen LogP contribution in [0.3, 0.4) is 0 Å². The number of likely N-dealkylation sites (tertiary alicyclic amines) is 1. The minimum atomic E-state index is -4.50. The van der Waals surface area contributed by atoms with E-state index < -0.39 is 24.7 Å². The summed E-state index contributed by atoms with van der Waals surface area (Å²) in [7, 11) is 0. The molecule has 0 saturated carbocycles. The molecule has 126 valence electrons. The van der Waals surface area contributed by atoms with Crippen molar-refractivity contribution in [1.29, 1.82) is 0 Å². The van der Waals surface area contributed by atoms with Crippen molar-refractivity contribution in [3.05, 3.63) is 35.9 Å². The summed E-state index contributed by atoms with van der Waals surface area (Å²) in [5.74, 6) is -0.290. The quantitative estimate of drug-likeness (QED) is 0.886. The van der Waals surface area contributed by atoms with Crippen molar-refractivity contribution in [1.82, 2.24) is 15.5 Å². The number of urea groups is 1. The molecule has 0 aromatic heterocycles. The fourth-order valence-corrected chi connectivity index (χ4v) is 2.57. The highest BCUT2D eigenvalue weighted by Crippen LogP contribution is 2.26. The fourth-order valence-electron chi connectivity index (χ4n) is 2.57. The molecular formula is C15H18F3N3O2. The van der Waals surface area contributed by atoms with Crippen LogP contribution in [0.25, 0.3) is 0 Å². The van der Waals surface area contributed by atoms with Crippen LogP contribution in [0.5, 0.6) is 0 Å². The first kappa shape index (κ1) is 17.3. The van der Waals surface area contributed by atoms with Crippen molar-refractivity contribution < 1.29 is 22.8 Å². The van der Waals surface area contributed by atoms with Gasteiger partial charge in [-0.1, -0.05) is 30.3 Å². The van der Waals surface area contributed by atoms with Crippen LogP contribution >= 0.6 is 0 Å². The van der Waals surface area contributed by atoms with Gasteiger partial charge in [-0.25, -0.2) is 4.79 Å². The molecule has 8 heteroatoms. The Balaban J connectivity index is 1.73. The number of hydrogen-bond donors (Lipinski definition) is 2. The topological polar surface area (TPSA) is 61.4 Å². The minimum Gasteiger partial charge on any atom is -0.329 e. The molecule has 1 aliphatic heterocycles. The number of hydrogen-bond acceptors (Lipinski definition) is 3. The van der Waals surface area contributed by atoms with Gasteiger partial charge < -0.3 is 5.32 Å². The number of rotatable bonds is 4. The van der Waals surface area contributed by atoms with E-state index in [9.17, 15) is 22.8 Å². The van der Waals surface area contributed by atoms with Gasteiger partial charge >= 0.3 is 12.2 Å². The van der Waals surface area contributed by atoms with Crippen LogP contribution in [0.15, 0.2) is 30.3 Å². The second-order valence-corrected chi connectivity index (χ2v) is 5.48. The van der Waals surface area contributed by atoms with Crippen LogP contribution in [0.4, 0.5) is 18.0 Å². The zero-order valence-corrected chi connectivity index (χ0v) is 12.4. The predicted octanol–water partition coefficient (Wildman–Crippen LogP) is 1.86. The standard InChI is InChI=1S/C15H18F3N3O2/c16-15(17,18)10-19-14(23)20-13(22)9-21-7-6-12(8-21)11-4-2-1-3-5-11/h1-5,12H,6-10H2,(H2,19,20,22,23)/t12-/m0/s1. The molecular weight excluding hydrogens is 311 g/mol. The van der Waals surface area contributed by atoms with E-state index in [1.54, 1.807) is 5.32 Å². The molecule has 1 aromatic carbocycles. The van der Waals surface area contributed by atoms with Crippen LogP contribution in [0.2, 0.25) is 0 Å². The molecule has 23 heavy (non-hydrogen) atoms. The number of nitrogens with one attached hydrogen (secondary N) is 2. The average Bonchev–Trinajstić information content (AvgIpc) is 2.93. The molecule has 2 N–H and O–H groups in total. The minimum absolute atomic E-state index is 0.0111. The number of carbonyl (C=O) groups is 2. The van der Waals surface area contributed by atoms with Crippen LogP contribution in [-0.4, -0.2) is 49.2 Å². The summed E-state index contributed by atoms with van der Waals surface area (Å²) in [5, 5.41) is 3.50. The van der Waals surface area contributed by atoms with Gasteiger partial charge in [0.1, 0.15) is 6.54 Å². The van der Waals surface area contributed by atoms with E-state index in [-0.39, 0.29) is 6.54 Å². The molecule has 0 spiro atoms. The van der Waals surface area contributed by atoms with E-state index >= 15 is 0 Å². The van der Waals surface area contributed by atoms with Gasteiger partial charge in [-0.05, 0) is 24.4 Å². The Bertz CT molecular complexity index is 549. The number of halogens is 3. The van der Waals surface area contributed by atoms with Crippen molar-refractivity contribution in [3.8, 4) is 0 Å². The van der Waals surface area contributed by atoms with E-state index in [4.69, 9.17) is 0 Å². The number of benzene rings is 1. The van der Waals surface area contributed by atoms with Crippen molar-refractivity contribution in [3.63, 3.8) is 0 Å². The molecule has 1 aromatic rings. The fraction of sp³-hybridized carbons (Fsp3) is 0.467. The molecule has 1 heterocycles. The summed E-state index contributed by atoms with van der Waals surface area (Å²) in [5.41, 5.74) is 1.19. The number of amides is 3. The first-order chi connectivity index (χ1) is 10.8. The van der Waals surface area contributed by atoms with Crippen molar-refractivity contribution >= 4 is 11.9 Å². The van der Waals surface area contributed by atoms with Crippen LogP contribution in [0, 0.1) is 0 Å². The molecule has 2 rings (SSSR count). The third-order valence-corrected chi connectivity index (χ3v) is 3.61. The maximum absolute atomic E-state index is 11.9. The summed E-state index contributed by atoms with van der Waals surface area (Å²) in [6.45, 7) is -0.0898. The summed E-state index contributed by atoms with van der Waals surface area (Å²) < 4.78 is 35.8. The number of carbonyl (C=O) groups excluding carboxylic acids is 2. The summed E-state index contributed by atoms with van der Waals surface area (Å²) in [4.78, 5) is 24.8. The zero-order chi connectivity index (χ0) is 16.9. The van der Waals surface area contributed by atoms with Crippen molar-refractivity contribution in [2.45, 2.75) is 18.5 Å². The van der Waals surface area contributed by atoms with Gasteiger partial charge in [-0.3, -0.25) is 15.0 Å². The molecule has 1 fully saturated rings. The molecule has 0 unspecified atom stereocenters. The largest absolute Gasteiger partial charge is 0.405 e. The Morgan fingerprint density at radius 1 is 1.22 bits per heavy atom. The van der Waals surface area contributed by atoms with Crippen LogP contribution in [-0.2, 0) is 4.79 Å². The Labute approximate surface area is 131 Å². The summed E-state index contributed by atoms with van der Waals surface area (Å²) in [6, 6.07) is 8.76. The van der Waals surface area contributed by atoms with Gasteiger partial charge in [-0.15, -0.1) is 0 Å². The molecule has 3 amide bonds. The molecule has 1 aliphatic rings. The lowest BCUT2D eigenvalue weighted by Gasteiger charge is -2.16. The van der Waals surface area contributed by atoms with Crippen LogP contribution in [0.1, 0.15) is 17.9 Å². The average molecular weight is 329 g/mol. The molecule has 5 nitrogen and oxygen atoms in total. The monoisotopic (exact) mass is 329 g/mol. The van der Waals surface area contributed by atoms with Crippen molar-refractivity contribution in [2.75, 3.05) is 26.2 Å². The second-order valence-electron chi connectivity index (χ2n) is 5.48. The van der Waals surface area contributed by atoms with Gasteiger partial charge in [0.05, 0.1) is 6.54 Å². The van der Waals surface area contributed by atoms with E-state index in [2.05, 4.69) is 0 Å². The molecule has 1 saturated heterocycles. The zero-order valence-electron chi connectivity index (χ0n) is 12.4. The molecule has 0 bridgehead atoms. The smallest absolute Gasteiger partial charge is 0.329 e. The third-order valence-electron chi connectivity index (χ3n) is 3.61. The Kier molecular flexibility index (Phi) is 5.59. The molecule has 1 atom stereocenters. The lowest BCUT2D eigenvalue weighted by molar-refractivity contribution is -0.125. The predicted molar refractivity (Wildman–Crippen MR) is 77.8 cm³/mol. The second kappa shape index (κ2) is 7.45. The van der Waals surface area contributed by atoms with Gasteiger partial charge in [0.15, 0.2) is 0 Å². The van der Waals surface area contributed by atoms with Crippen molar-refractivity contribution in [2.24, 2.45) is 0 Å². The van der Waals surface area contributed by atoms with Gasteiger partial charge in [0.2, 0.25) is 5.91 Å². The number of alkyl halides is 3. The summed E-state index contributed by atoms with van der Waals surface area (Å²) in [6.07, 6.45) is -3.60. The normalized spacial score (nSPS) is 18.7. The highest BCUT2D eigenvalue weighted by molar-refractivity contribution is 5.95. The Hall–Kier alpha value is -2.09. The van der Waals surface area contributed by atoms with E-state index in [0.29, 0.717) is 19.0 Å². The van der Waals surface area contributed by atoms with E-state index in [1.165, 1.54) is 5.56 Å². The SMILES string of the molecule is O=C(CN1CC[C@H](c2ccccc2)C1)NC(=O)NCC(F)(F)F. The van der Waals surface area contributed by atoms with E-state index in [1.807, 2.05) is 40.5 Å². The number of nitrogens with zero attached hydrogens (tertiary/aromatic N) is 1. The lowest BCUT2D eigenvalue weighted by Crippen LogP contribution is -2.46. The molecule has 0 aliphatic carbocycles. The van der Waals surface area contributed by atoms with Gasteiger partial charge in [-0.2, -0.15) is 13.2 Å². The number of imide groups is 1. The maximum atomic E-state index is 11.9. The highest BCUT2D eigenvalue weighted by atomic mass is 19.4. The Morgan fingerprint density at radius 2 is 1.91 bits per heavy atom. The lowest BCUT2D eigenvalue weighted by atomic mass is 9.99. The molecule has 0 radical (unpaired) electrons. The maximum Gasteiger partial charge on any atom is 0.405 e. The first-order valence-electron chi connectivity index (χ1n) is 7.25. The van der Waals surface area contributed by atoms with Gasteiger partial charge in [0, 0.05) is 6.54 Å². The first-order valence-corrected chi connectivity index (χ1v) is 7.25. The third kappa shape index (κ3) is 5.90. The Morgan fingerprint density at radius 3 is 2.57 bits per heavy atom. The summed E-state index contributed by atoms with van der Waals surface area (Å²) >= 11 is 0.